The van der Waals surface area contributed by atoms with E-state index in [4.69, 9.17) is 5.10 Å². The van der Waals surface area contributed by atoms with Crippen molar-refractivity contribution in [2.75, 3.05) is 19.6 Å². The molecule has 0 aromatic heterocycles. The number of carbonyl (C=O) groups is 1. The molecule has 0 spiro atoms. The number of piperidine rings is 1. The van der Waals surface area contributed by atoms with Gasteiger partial charge in [0.1, 0.15) is 0 Å². The summed E-state index contributed by atoms with van der Waals surface area (Å²) in [5.41, 5.74) is 7.08. The zero-order valence-electron chi connectivity index (χ0n) is 17.8. The molecule has 0 saturated carbocycles. The molecule has 29 heavy (non-hydrogen) atoms. The number of hydrazone groups is 1. The summed E-state index contributed by atoms with van der Waals surface area (Å²) < 4.78 is 0. The van der Waals surface area contributed by atoms with Crippen LogP contribution >= 0.6 is 0 Å². The molecule has 4 heteroatoms. The fourth-order valence-corrected chi connectivity index (χ4v) is 4.42. The van der Waals surface area contributed by atoms with Crippen LogP contribution in [0.25, 0.3) is 0 Å². The largest absolute Gasteiger partial charge is 0.294 e. The Morgan fingerprint density at radius 3 is 2.45 bits per heavy atom. The maximum atomic E-state index is 13.3. The minimum Gasteiger partial charge on any atom is -0.294 e. The van der Waals surface area contributed by atoms with E-state index in [9.17, 15) is 4.79 Å². The Hall–Kier alpha value is -2.46. The molecular weight excluding hydrogens is 358 g/mol. The molecule has 2 aromatic carbocycles. The third kappa shape index (κ3) is 4.27. The van der Waals surface area contributed by atoms with Gasteiger partial charge >= 0.3 is 0 Å². The first kappa shape index (κ1) is 19.8. The molecule has 1 atom stereocenters. The number of likely N-dealkylation sites (tertiary alicyclic amines) is 1. The van der Waals surface area contributed by atoms with E-state index in [1.54, 1.807) is 5.01 Å². The Morgan fingerprint density at radius 1 is 0.966 bits per heavy atom. The molecule has 1 amide bonds. The number of hydrogen-bond acceptors (Lipinski definition) is 3. The van der Waals surface area contributed by atoms with Crippen LogP contribution in [0.1, 0.15) is 59.5 Å². The van der Waals surface area contributed by atoms with Crippen molar-refractivity contribution in [1.29, 1.82) is 0 Å². The Bertz CT molecular complexity index is 927. The second-order valence-corrected chi connectivity index (χ2v) is 8.50. The monoisotopic (exact) mass is 389 g/mol. The van der Waals surface area contributed by atoms with E-state index < -0.39 is 0 Å². The Balaban J connectivity index is 1.64. The number of nitrogens with zero attached hydrogens (tertiary/aromatic N) is 3. The summed E-state index contributed by atoms with van der Waals surface area (Å²) in [7, 11) is 0. The molecule has 1 fully saturated rings. The Labute approximate surface area is 174 Å². The molecule has 0 aliphatic carbocycles. The highest BCUT2D eigenvalue weighted by Gasteiger charge is 2.34. The highest BCUT2D eigenvalue weighted by atomic mass is 16.2. The van der Waals surface area contributed by atoms with Crippen LogP contribution in [0, 0.1) is 20.8 Å². The van der Waals surface area contributed by atoms with Crippen LogP contribution in [0.5, 0.6) is 0 Å². The van der Waals surface area contributed by atoms with Crippen molar-refractivity contribution in [2.45, 2.75) is 52.5 Å². The Kier molecular flexibility index (Phi) is 5.81. The molecule has 4 nitrogen and oxygen atoms in total. The molecule has 0 radical (unpaired) electrons. The van der Waals surface area contributed by atoms with Gasteiger partial charge < -0.3 is 0 Å². The van der Waals surface area contributed by atoms with Gasteiger partial charge in [0.25, 0.3) is 5.91 Å². The average molecular weight is 390 g/mol. The highest BCUT2D eigenvalue weighted by Crippen LogP contribution is 2.34. The van der Waals surface area contributed by atoms with Crippen LogP contribution < -0.4 is 0 Å². The molecule has 1 unspecified atom stereocenters. The molecular formula is C25H31N3O. The fourth-order valence-electron chi connectivity index (χ4n) is 4.42. The van der Waals surface area contributed by atoms with Gasteiger partial charge in [-0.3, -0.25) is 9.69 Å². The molecule has 0 bridgehead atoms. The van der Waals surface area contributed by atoms with Crippen LogP contribution in [-0.4, -0.2) is 41.2 Å². The van der Waals surface area contributed by atoms with Crippen LogP contribution in [-0.2, 0) is 4.79 Å². The molecule has 0 N–H and O–H groups in total. The summed E-state index contributed by atoms with van der Waals surface area (Å²) in [4.78, 5) is 15.6. The summed E-state index contributed by atoms with van der Waals surface area (Å²) in [6.07, 6.45) is 4.41. The van der Waals surface area contributed by atoms with Crippen molar-refractivity contribution < 1.29 is 4.79 Å². The lowest BCUT2D eigenvalue weighted by Crippen LogP contribution is -2.40. The topological polar surface area (TPSA) is 35.9 Å². The number of amides is 1. The van der Waals surface area contributed by atoms with E-state index in [2.05, 4.69) is 68.1 Å². The normalized spacial score (nSPS) is 20.0. The van der Waals surface area contributed by atoms with Gasteiger partial charge in [-0.15, -0.1) is 0 Å². The van der Waals surface area contributed by atoms with Crippen molar-refractivity contribution in [2.24, 2.45) is 5.10 Å². The number of carbonyl (C=O) groups excluding carboxylic acids is 1. The van der Waals surface area contributed by atoms with Crippen LogP contribution in [0.4, 0.5) is 0 Å². The quantitative estimate of drug-likeness (QED) is 0.755. The maximum Gasteiger partial charge on any atom is 0.257 e. The second-order valence-electron chi connectivity index (χ2n) is 8.50. The first-order valence-corrected chi connectivity index (χ1v) is 10.8. The lowest BCUT2D eigenvalue weighted by molar-refractivity contribution is -0.134. The maximum absolute atomic E-state index is 13.3. The minimum atomic E-state index is -0.0231. The first-order chi connectivity index (χ1) is 14.0. The lowest BCUT2D eigenvalue weighted by atomic mass is 9.94. The smallest absolute Gasteiger partial charge is 0.257 e. The number of benzene rings is 2. The summed E-state index contributed by atoms with van der Waals surface area (Å²) >= 11 is 0. The van der Waals surface area contributed by atoms with Crippen LogP contribution in [0.2, 0.25) is 0 Å². The zero-order valence-corrected chi connectivity index (χ0v) is 17.8. The van der Waals surface area contributed by atoms with Gasteiger partial charge in [0.15, 0.2) is 0 Å². The summed E-state index contributed by atoms with van der Waals surface area (Å²) in [6.45, 7) is 8.88. The SMILES string of the molecule is Cc1ccc(C2=NN(C(=O)CN3CCCCC3)C(c3ccccc3C)C2)cc1C. The van der Waals surface area contributed by atoms with E-state index in [-0.39, 0.29) is 11.9 Å². The van der Waals surface area contributed by atoms with Gasteiger partial charge in [-0.25, -0.2) is 5.01 Å². The summed E-state index contributed by atoms with van der Waals surface area (Å²) in [6, 6.07) is 14.8. The van der Waals surface area contributed by atoms with E-state index in [0.29, 0.717) is 6.54 Å². The highest BCUT2D eigenvalue weighted by molar-refractivity contribution is 6.03. The van der Waals surface area contributed by atoms with Crippen LogP contribution in [0.3, 0.4) is 0 Å². The molecule has 152 valence electrons. The van der Waals surface area contributed by atoms with E-state index in [1.165, 1.54) is 41.5 Å². The van der Waals surface area contributed by atoms with Gasteiger partial charge in [0.2, 0.25) is 0 Å². The van der Waals surface area contributed by atoms with Crippen molar-refractivity contribution in [3.05, 3.63) is 70.3 Å². The molecule has 2 aliphatic heterocycles. The first-order valence-electron chi connectivity index (χ1n) is 10.8. The Morgan fingerprint density at radius 2 is 1.72 bits per heavy atom. The fraction of sp³-hybridized carbons (Fsp3) is 0.440. The van der Waals surface area contributed by atoms with E-state index in [1.807, 2.05) is 0 Å². The predicted octanol–water partition coefficient (Wildman–Crippen LogP) is 4.78. The summed E-state index contributed by atoms with van der Waals surface area (Å²) in [5.74, 6) is 0.110. The van der Waals surface area contributed by atoms with Crippen molar-refractivity contribution in [3.63, 3.8) is 0 Å². The average Bonchev–Trinajstić information content (AvgIpc) is 3.16. The van der Waals surface area contributed by atoms with Gasteiger partial charge in [-0.05, 0) is 80.6 Å². The van der Waals surface area contributed by atoms with Crippen molar-refractivity contribution in [1.82, 2.24) is 9.91 Å². The van der Waals surface area contributed by atoms with Crippen molar-refractivity contribution in [3.8, 4) is 0 Å². The molecule has 2 aromatic rings. The predicted molar refractivity (Wildman–Crippen MR) is 118 cm³/mol. The van der Waals surface area contributed by atoms with Crippen molar-refractivity contribution >= 4 is 11.6 Å². The van der Waals surface area contributed by atoms with Gasteiger partial charge in [-0.1, -0.05) is 42.8 Å². The second kappa shape index (κ2) is 8.50. The lowest BCUT2D eigenvalue weighted by Gasteiger charge is -2.29. The summed E-state index contributed by atoms with van der Waals surface area (Å²) in [5, 5.41) is 6.63. The van der Waals surface area contributed by atoms with Gasteiger partial charge in [-0.2, -0.15) is 5.10 Å². The van der Waals surface area contributed by atoms with Gasteiger partial charge in [0, 0.05) is 6.42 Å². The third-order valence-corrected chi connectivity index (χ3v) is 6.36. The zero-order chi connectivity index (χ0) is 20.4. The standard InChI is InChI=1S/C25H31N3O/c1-18-11-12-21(15-20(18)3)23-16-24(22-10-6-5-9-19(22)2)28(26-23)25(29)17-27-13-7-4-8-14-27/h5-6,9-12,15,24H,4,7-8,13-14,16-17H2,1-3H3. The third-order valence-electron chi connectivity index (χ3n) is 6.36. The minimum absolute atomic E-state index is 0.0231. The number of rotatable bonds is 4. The molecule has 2 aliphatic rings. The number of hydrogen-bond donors (Lipinski definition) is 0. The van der Waals surface area contributed by atoms with E-state index >= 15 is 0 Å². The molecule has 4 rings (SSSR count). The van der Waals surface area contributed by atoms with Gasteiger partial charge in [0.05, 0.1) is 18.3 Å². The molecule has 1 saturated heterocycles. The van der Waals surface area contributed by atoms with Crippen LogP contribution in [0.15, 0.2) is 47.6 Å². The molecule has 2 heterocycles. The van der Waals surface area contributed by atoms with E-state index in [0.717, 1.165) is 30.8 Å². The number of aryl methyl sites for hydroxylation is 3.